The number of esters is 1. The number of thiazole rings is 1. The van der Waals surface area contributed by atoms with Crippen molar-refractivity contribution in [3.63, 3.8) is 0 Å². The summed E-state index contributed by atoms with van der Waals surface area (Å²) in [5, 5.41) is 0.653. The van der Waals surface area contributed by atoms with E-state index in [1.807, 2.05) is 115 Å². The van der Waals surface area contributed by atoms with Crippen molar-refractivity contribution in [1.82, 2.24) is 4.57 Å². The molecule has 0 saturated heterocycles. The number of hydrogen-bond acceptors (Lipinski definition) is 6. The molecule has 0 bridgehead atoms. The zero-order chi connectivity index (χ0) is 29.8. The highest BCUT2D eigenvalue weighted by atomic mass is 35.5. The van der Waals surface area contributed by atoms with Gasteiger partial charge >= 0.3 is 5.97 Å². The van der Waals surface area contributed by atoms with Crippen LogP contribution in [0, 0.1) is 0 Å². The number of benzene rings is 4. The molecule has 1 aliphatic heterocycles. The molecule has 0 saturated carbocycles. The molecule has 4 aromatic carbocycles. The highest BCUT2D eigenvalue weighted by Gasteiger charge is 2.35. The highest BCUT2D eigenvalue weighted by molar-refractivity contribution is 7.07. The minimum absolute atomic E-state index is 0.200. The molecule has 6 nitrogen and oxygen atoms in total. The van der Waals surface area contributed by atoms with Crippen molar-refractivity contribution in [1.29, 1.82) is 0 Å². The van der Waals surface area contributed by atoms with Gasteiger partial charge in [0, 0.05) is 10.6 Å². The van der Waals surface area contributed by atoms with Gasteiger partial charge in [-0.1, -0.05) is 108 Å². The molecule has 0 radical (unpaired) electrons. The Morgan fingerprint density at radius 1 is 0.953 bits per heavy atom. The van der Waals surface area contributed by atoms with Crippen LogP contribution in [0.2, 0.25) is 5.02 Å². The van der Waals surface area contributed by atoms with E-state index in [1.54, 1.807) is 11.5 Å². The van der Waals surface area contributed by atoms with Crippen LogP contribution in [-0.4, -0.2) is 17.1 Å². The number of hydrogen-bond donors (Lipinski definition) is 0. The van der Waals surface area contributed by atoms with Crippen LogP contribution in [0.4, 0.5) is 0 Å². The molecule has 0 fully saturated rings. The normalized spacial score (nSPS) is 14.7. The summed E-state index contributed by atoms with van der Waals surface area (Å²) in [7, 11) is 0. The Balaban J connectivity index is 1.46. The number of nitrogens with zero attached hydrogens (tertiary/aromatic N) is 2. The standard InChI is InChI=1S/C35H27ClN2O4S/c1-2-41-34(40)30-31(25-13-5-3-6-14-25)37-35-38(32(30)26-15-7-4-8-16-26)33(39)29(43-35)21-23-11-10-18-28(20-23)42-22-24-12-9-17-27(36)19-24/h3-21,32H,2,22H2,1H3/b29-21-/t32-/m1/s1. The maximum absolute atomic E-state index is 14.1. The molecule has 5 aromatic rings. The van der Waals surface area contributed by atoms with Crippen molar-refractivity contribution in [2.45, 2.75) is 19.6 Å². The summed E-state index contributed by atoms with van der Waals surface area (Å²) in [5.41, 5.74) is 3.91. The van der Waals surface area contributed by atoms with Crippen molar-refractivity contribution in [3.05, 3.63) is 162 Å². The molecule has 6 rings (SSSR count). The number of halogens is 1. The van der Waals surface area contributed by atoms with Crippen molar-refractivity contribution in [2.75, 3.05) is 6.61 Å². The number of aromatic nitrogens is 1. The Morgan fingerprint density at radius 3 is 2.44 bits per heavy atom. The molecule has 8 heteroatoms. The second kappa shape index (κ2) is 12.7. The summed E-state index contributed by atoms with van der Waals surface area (Å²) < 4.78 is 13.6. The van der Waals surface area contributed by atoms with Crippen LogP contribution in [0.1, 0.15) is 35.2 Å². The molecule has 1 aromatic heterocycles. The minimum atomic E-state index is -0.707. The number of carbonyl (C=O) groups is 1. The van der Waals surface area contributed by atoms with E-state index in [2.05, 4.69) is 0 Å². The average Bonchev–Trinajstić information content (AvgIpc) is 3.34. The van der Waals surface area contributed by atoms with Crippen molar-refractivity contribution >= 4 is 40.7 Å². The first-order valence-corrected chi connectivity index (χ1v) is 15.0. The predicted octanol–water partition coefficient (Wildman–Crippen LogP) is 6.17. The average molecular weight is 607 g/mol. The van der Waals surface area contributed by atoms with E-state index < -0.39 is 12.0 Å². The largest absolute Gasteiger partial charge is 0.489 e. The molecule has 0 N–H and O–H groups in total. The lowest BCUT2D eigenvalue weighted by Crippen LogP contribution is -2.39. The Labute approximate surface area is 257 Å². The summed E-state index contributed by atoms with van der Waals surface area (Å²) in [6.45, 7) is 2.33. The van der Waals surface area contributed by atoms with Gasteiger partial charge in [-0.2, -0.15) is 0 Å². The van der Waals surface area contributed by atoms with E-state index in [0.717, 1.165) is 22.3 Å². The molecule has 43 heavy (non-hydrogen) atoms. The first kappa shape index (κ1) is 28.4. The number of fused-ring (bicyclic) bond motifs is 1. The fraction of sp³-hybridized carbons (Fsp3) is 0.114. The van der Waals surface area contributed by atoms with Crippen LogP contribution in [0.3, 0.4) is 0 Å². The van der Waals surface area contributed by atoms with Gasteiger partial charge in [-0.25, -0.2) is 9.79 Å². The molecule has 1 aliphatic rings. The highest BCUT2D eigenvalue weighted by Crippen LogP contribution is 2.35. The van der Waals surface area contributed by atoms with E-state index >= 15 is 0 Å². The predicted molar refractivity (Wildman–Crippen MR) is 170 cm³/mol. The summed E-state index contributed by atoms with van der Waals surface area (Å²) in [6.07, 6.45) is 1.83. The Hall–Kier alpha value is -4.72. The van der Waals surface area contributed by atoms with Crippen LogP contribution in [-0.2, 0) is 16.1 Å². The molecule has 0 aliphatic carbocycles. The maximum Gasteiger partial charge on any atom is 0.338 e. The Bertz CT molecular complexity index is 2000. The summed E-state index contributed by atoms with van der Waals surface area (Å²) in [5.74, 6) is 0.164. The van der Waals surface area contributed by atoms with E-state index in [4.69, 9.17) is 26.1 Å². The van der Waals surface area contributed by atoms with E-state index in [0.29, 0.717) is 38.0 Å². The van der Waals surface area contributed by atoms with Crippen molar-refractivity contribution in [3.8, 4) is 5.75 Å². The van der Waals surface area contributed by atoms with Crippen LogP contribution in [0.15, 0.2) is 125 Å². The molecule has 1 atom stereocenters. The molecule has 2 heterocycles. The van der Waals surface area contributed by atoms with Gasteiger partial charge in [0.25, 0.3) is 5.56 Å². The molecule has 214 valence electrons. The first-order chi connectivity index (χ1) is 21.0. The van der Waals surface area contributed by atoms with Gasteiger partial charge in [-0.05, 0) is 54.0 Å². The van der Waals surface area contributed by atoms with E-state index in [-0.39, 0.29) is 12.2 Å². The van der Waals surface area contributed by atoms with Crippen molar-refractivity contribution in [2.24, 2.45) is 4.99 Å². The molecular formula is C35H27ClN2O4S. The molecule has 0 unspecified atom stereocenters. The van der Waals surface area contributed by atoms with Gasteiger partial charge in [0.2, 0.25) is 0 Å². The van der Waals surface area contributed by atoms with Gasteiger partial charge in [-0.3, -0.25) is 9.36 Å². The van der Waals surface area contributed by atoms with Gasteiger partial charge in [0.1, 0.15) is 12.4 Å². The summed E-state index contributed by atoms with van der Waals surface area (Å²) >= 11 is 7.39. The number of rotatable bonds is 8. The SMILES string of the molecule is CCOC(=O)C1=C(c2ccccc2)N=c2s/c(=C\c3cccc(OCc4cccc(Cl)c4)c3)c(=O)n2[C@@H]1c1ccccc1. The van der Waals surface area contributed by atoms with E-state index in [9.17, 15) is 9.59 Å². The fourth-order valence-corrected chi connectivity index (χ4v) is 6.24. The lowest BCUT2D eigenvalue weighted by Gasteiger charge is -2.25. The zero-order valence-electron chi connectivity index (χ0n) is 23.3. The third-order valence-corrected chi connectivity index (χ3v) is 8.16. The van der Waals surface area contributed by atoms with Crippen molar-refractivity contribution < 1.29 is 14.3 Å². The molecule has 0 spiro atoms. The minimum Gasteiger partial charge on any atom is -0.489 e. The van der Waals surface area contributed by atoms with E-state index in [1.165, 1.54) is 11.3 Å². The van der Waals surface area contributed by atoms with Gasteiger partial charge in [-0.15, -0.1) is 0 Å². The lowest BCUT2D eigenvalue weighted by molar-refractivity contribution is -0.138. The first-order valence-electron chi connectivity index (χ1n) is 13.8. The van der Waals surface area contributed by atoms with Gasteiger partial charge in [0.05, 0.1) is 28.5 Å². The Morgan fingerprint density at radius 2 is 1.70 bits per heavy atom. The third-order valence-electron chi connectivity index (χ3n) is 6.94. The molecule has 0 amide bonds. The summed E-state index contributed by atoms with van der Waals surface area (Å²) in [6, 6.07) is 33.4. The van der Waals surface area contributed by atoms with Gasteiger partial charge < -0.3 is 9.47 Å². The van der Waals surface area contributed by atoms with Gasteiger partial charge in [0.15, 0.2) is 4.80 Å². The quantitative estimate of drug-likeness (QED) is 0.198. The lowest BCUT2D eigenvalue weighted by atomic mass is 9.93. The Kier molecular flexibility index (Phi) is 8.36. The third kappa shape index (κ3) is 6.09. The maximum atomic E-state index is 14.1. The molecular weight excluding hydrogens is 580 g/mol. The smallest absolute Gasteiger partial charge is 0.338 e. The van der Waals surface area contributed by atoms with Crippen LogP contribution in [0.25, 0.3) is 11.8 Å². The second-order valence-corrected chi connectivity index (χ2v) is 11.3. The number of ether oxygens (including phenoxy) is 2. The summed E-state index contributed by atoms with van der Waals surface area (Å²) in [4.78, 5) is 33.0. The number of carbonyl (C=O) groups excluding carboxylic acids is 1. The van der Waals surface area contributed by atoms with Crippen LogP contribution in [0.5, 0.6) is 5.75 Å². The second-order valence-electron chi connectivity index (χ2n) is 9.83. The monoisotopic (exact) mass is 606 g/mol. The van der Waals surface area contributed by atoms with Crippen LogP contribution < -0.4 is 19.6 Å². The topological polar surface area (TPSA) is 69.9 Å². The fourth-order valence-electron chi connectivity index (χ4n) is 5.03. The van der Waals surface area contributed by atoms with Crippen LogP contribution >= 0.6 is 22.9 Å². The zero-order valence-corrected chi connectivity index (χ0v) is 24.8.